The highest BCUT2D eigenvalue weighted by Crippen LogP contribution is 2.24. The maximum Gasteiger partial charge on any atom is 0.151 e. The summed E-state index contributed by atoms with van der Waals surface area (Å²) in [6.45, 7) is 12.9. The Labute approximate surface area is 110 Å². The molecule has 1 aliphatic rings. The van der Waals surface area contributed by atoms with E-state index in [2.05, 4.69) is 35.6 Å². The first-order valence-electron chi connectivity index (χ1n) is 6.60. The number of anilines is 2. The number of piperazine rings is 1. The first-order valence-corrected chi connectivity index (χ1v) is 6.60. The third kappa shape index (κ3) is 2.75. The van der Waals surface area contributed by atoms with Gasteiger partial charge in [0.15, 0.2) is 5.82 Å². The summed E-state index contributed by atoms with van der Waals surface area (Å²) in [6.07, 6.45) is 1.89. The predicted molar refractivity (Wildman–Crippen MR) is 76.9 cm³/mol. The lowest BCUT2D eigenvalue weighted by Gasteiger charge is -2.42. The lowest BCUT2D eigenvalue weighted by Crippen LogP contribution is -2.53. The predicted octanol–water partition coefficient (Wildman–Crippen LogP) is 1.89. The maximum atomic E-state index is 6.05. The molecule has 2 N–H and O–H groups in total. The molecule has 0 amide bonds. The van der Waals surface area contributed by atoms with Gasteiger partial charge in [0.05, 0.1) is 5.69 Å². The number of hydrogen-bond acceptors (Lipinski definition) is 4. The van der Waals surface area contributed by atoms with Crippen molar-refractivity contribution in [3.63, 3.8) is 0 Å². The Hall–Kier alpha value is -1.29. The molecular formula is C14H24N4. The molecule has 0 aromatic carbocycles. The van der Waals surface area contributed by atoms with Crippen molar-refractivity contribution >= 4 is 11.5 Å². The van der Waals surface area contributed by atoms with E-state index in [1.54, 1.807) is 0 Å². The first-order chi connectivity index (χ1) is 8.38. The number of aromatic nitrogens is 1. The second-order valence-corrected chi connectivity index (χ2v) is 6.07. The van der Waals surface area contributed by atoms with E-state index < -0.39 is 0 Å². The van der Waals surface area contributed by atoms with Crippen molar-refractivity contribution in [2.24, 2.45) is 0 Å². The van der Waals surface area contributed by atoms with Gasteiger partial charge < -0.3 is 10.6 Å². The highest BCUT2D eigenvalue weighted by atomic mass is 15.3. The molecule has 0 saturated carbocycles. The Kier molecular flexibility index (Phi) is 3.48. The Bertz CT molecular complexity index is 414. The summed E-state index contributed by atoms with van der Waals surface area (Å²) >= 11 is 0. The first kappa shape index (κ1) is 13.1. The van der Waals surface area contributed by atoms with Gasteiger partial charge in [0, 0.05) is 37.9 Å². The summed E-state index contributed by atoms with van der Waals surface area (Å²) in [5.74, 6) is 0.939. The molecule has 0 bridgehead atoms. The highest BCUT2D eigenvalue weighted by molar-refractivity contribution is 5.63. The molecule has 100 valence electrons. The third-order valence-electron chi connectivity index (χ3n) is 3.56. The van der Waals surface area contributed by atoms with Crippen molar-refractivity contribution in [2.45, 2.75) is 33.2 Å². The van der Waals surface area contributed by atoms with Crippen molar-refractivity contribution in [1.29, 1.82) is 0 Å². The Morgan fingerprint density at radius 1 is 1.17 bits per heavy atom. The molecular weight excluding hydrogens is 224 g/mol. The fourth-order valence-electron chi connectivity index (χ4n) is 2.44. The second-order valence-electron chi connectivity index (χ2n) is 6.07. The molecule has 1 aromatic rings. The Morgan fingerprint density at radius 3 is 2.28 bits per heavy atom. The molecule has 2 rings (SSSR count). The molecule has 1 aliphatic heterocycles. The van der Waals surface area contributed by atoms with Crippen LogP contribution in [0.3, 0.4) is 0 Å². The van der Waals surface area contributed by atoms with Gasteiger partial charge in [-0.2, -0.15) is 0 Å². The van der Waals surface area contributed by atoms with Gasteiger partial charge in [0.25, 0.3) is 0 Å². The minimum absolute atomic E-state index is 0.248. The van der Waals surface area contributed by atoms with Gasteiger partial charge >= 0.3 is 0 Å². The minimum Gasteiger partial charge on any atom is -0.396 e. The fraction of sp³-hybridized carbons (Fsp3) is 0.643. The monoisotopic (exact) mass is 248 g/mol. The third-order valence-corrected chi connectivity index (χ3v) is 3.56. The summed E-state index contributed by atoms with van der Waals surface area (Å²) in [5.41, 5.74) is 8.21. The van der Waals surface area contributed by atoms with Crippen LogP contribution in [-0.2, 0) is 0 Å². The van der Waals surface area contributed by atoms with Crippen LogP contribution in [0.1, 0.15) is 26.3 Å². The van der Waals surface area contributed by atoms with Gasteiger partial charge in [-0.15, -0.1) is 0 Å². The molecule has 0 radical (unpaired) electrons. The molecule has 1 saturated heterocycles. The van der Waals surface area contributed by atoms with Crippen LogP contribution in [-0.4, -0.2) is 41.6 Å². The zero-order chi connectivity index (χ0) is 13.3. The lowest BCUT2D eigenvalue weighted by atomic mass is 10.0. The molecule has 0 unspecified atom stereocenters. The van der Waals surface area contributed by atoms with E-state index in [9.17, 15) is 0 Å². The van der Waals surface area contributed by atoms with Crippen molar-refractivity contribution in [2.75, 3.05) is 36.8 Å². The number of aryl methyl sites for hydroxylation is 1. The maximum absolute atomic E-state index is 6.05. The number of rotatable bonds is 1. The standard InChI is InChI=1S/C14H24N4/c1-11-9-12(15)13(16-10-11)17-5-7-18(8-6-17)14(2,3)4/h9-10H,5-8,15H2,1-4H3. The molecule has 1 aromatic heterocycles. The van der Waals surface area contributed by atoms with Crippen LogP contribution >= 0.6 is 0 Å². The molecule has 4 heteroatoms. The summed E-state index contributed by atoms with van der Waals surface area (Å²) < 4.78 is 0. The molecule has 0 spiro atoms. The van der Waals surface area contributed by atoms with Gasteiger partial charge in [-0.25, -0.2) is 4.98 Å². The van der Waals surface area contributed by atoms with Crippen LogP contribution in [0.4, 0.5) is 11.5 Å². The SMILES string of the molecule is Cc1cnc(N2CCN(C(C)(C)C)CC2)c(N)c1. The van der Waals surface area contributed by atoms with E-state index in [1.807, 2.05) is 19.2 Å². The average Bonchev–Trinajstić information content (AvgIpc) is 2.28. The normalized spacial score (nSPS) is 18.1. The highest BCUT2D eigenvalue weighted by Gasteiger charge is 2.26. The minimum atomic E-state index is 0.248. The van der Waals surface area contributed by atoms with Crippen LogP contribution < -0.4 is 10.6 Å². The van der Waals surface area contributed by atoms with Gasteiger partial charge in [-0.05, 0) is 39.3 Å². The lowest BCUT2D eigenvalue weighted by molar-refractivity contribution is 0.128. The summed E-state index contributed by atoms with van der Waals surface area (Å²) in [7, 11) is 0. The molecule has 4 nitrogen and oxygen atoms in total. The number of pyridine rings is 1. The summed E-state index contributed by atoms with van der Waals surface area (Å²) in [5, 5.41) is 0. The van der Waals surface area contributed by atoms with E-state index in [-0.39, 0.29) is 5.54 Å². The summed E-state index contributed by atoms with van der Waals surface area (Å²) in [4.78, 5) is 9.27. The largest absolute Gasteiger partial charge is 0.396 e. The van der Waals surface area contributed by atoms with Gasteiger partial charge in [0.2, 0.25) is 0 Å². The molecule has 0 atom stereocenters. The molecule has 1 fully saturated rings. The average molecular weight is 248 g/mol. The van der Waals surface area contributed by atoms with E-state index in [0.717, 1.165) is 43.2 Å². The quantitative estimate of drug-likeness (QED) is 0.824. The zero-order valence-corrected chi connectivity index (χ0v) is 11.9. The van der Waals surface area contributed by atoms with E-state index in [1.165, 1.54) is 0 Å². The van der Waals surface area contributed by atoms with Crippen molar-refractivity contribution in [3.8, 4) is 0 Å². The van der Waals surface area contributed by atoms with E-state index in [4.69, 9.17) is 5.73 Å². The fourth-order valence-corrected chi connectivity index (χ4v) is 2.44. The van der Waals surface area contributed by atoms with Crippen LogP contribution in [0, 0.1) is 6.92 Å². The number of hydrogen-bond donors (Lipinski definition) is 1. The van der Waals surface area contributed by atoms with Crippen LogP contribution in [0.2, 0.25) is 0 Å². The Morgan fingerprint density at radius 2 is 1.78 bits per heavy atom. The van der Waals surface area contributed by atoms with Crippen molar-refractivity contribution in [3.05, 3.63) is 17.8 Å². The van der Waals surface area contributed by atoms with Crippen LogP contribution in [0.5, 0.6) is 0 Å². The van der Waals surface area contributed by atoms with Crippen LogP contribution in [0.15, 0.2) is 12.3 Å². The van der Waals surface area contributed by atoms with Gasteiger partial charge in [-0.1, -0.05) is 0 Å². The number of nitrogen functional groups attached to an aromatic ring is 1. The van der Waals surface area contributed by atoms with Crippen LogP contribution in [0.25, 0.3) is 0 Å². The summed E-state index contributed by atoms with van der Waals surface area (Å²) in [6, 6.07) is 2.00. The smallest absolute Gasteiger partial charge is 0.151 e. The van der Waals surface area contributed by atoms with Crippen molar-refractivity contribution in [1.82, 2.24) is 9.88 Å². The van der Waals surface area contributed by atoms with Gasteiger partial charge in [0.1, 0.15) is 0 Å². The molecule has 0 aliphatic carbocycles. The molecule has 2 heterocycles. The van der Waals surface area contributed by atoms with Gasteiger partial charge in [-0.3, -0.25) is 4.90 Å². The second kappa shape index (κ2) is 4.76. The van der Waals surface area contributed by atoms with Crippen molar-refractivity contribution < 1.29 is 0 Å². The number of nitrogens with two attached hydrogens (primary N) is 1. The Balaban J connectivity index is 2.06. The van der Waals surface area contributed by atoms with E-state index >= 15 is 0 Å². The number of nitrogens with zero attached hydrogens (tertiary/aromatic N) is 3. The molecule has 18 heavy (non-hydrogen) atoms. The topological polar surface area (TPSA) is 45.4 Å². The zero-order valence-electron chi connectivity index (χ0n) is 11.9. The van der Waals surface area contributed by atoms with E-state index in [0.29, 0.717) is 0 Å².